The van der Waals surface area contributed by atoms with Crippen LogP contribution in [-0.2, 0) is 0 Å². The van der Waals surface area contributed by atoms with E-state index < -0.39 is 0 Å². The number of nitrogens with two attached hydrogens (primary N) is 1. The highest BCUT2D eigenvalue weighted by molar-refractivity contribution is 9.10. The normalized spacial score (nSPS) is 10.0. The highest BCUT2D eigenvalue weighted by Crippen LogP contribution is 2.20. The van der Waals surface area contributed by atoms with Crippen molar-refractivity contribution in [2.24, 2.45) is 0 Å². The van der Waals surface area contributed by atoms with Crippen LogP contribution in [0.5, 0.6) is 0 Å². The first-order valence-electron chi connectivity index (χ1n) is 5.74. The van der Waals surface area contributed by atoms with Crippen molar-refractivity contribution < 1.29 is 4.79 Å². The predicted molar refractivity (Wildman–Crippen MR) is 82.4 cm³/mol. The van der Waals surface area contributed by atoms with Gasteiger partial charge in [-0.2, -0.15) is 0 Å². The van der Waals surface area contributed by atoms with Crippen molar-refractivity contribution in [1.29, 1.82) is 0 Å². The van der Waals surface area contributed by atoms with Crippen molar-refractivity contribution in [2.75, 3.05) is 16.4 Å². The number of aryl methyl sites for hydroxylation is 1. The molecule has 0 bridgehead atoms. The SMILES string of the molecule is Cc1cc(NC(=O)Nc2cccc(N)c2)ccc1Br. The number of rotatable bonds is 2. The average Bonchev–Trinajstić information content (AvgIpc) is 2.34. The summed E-state index contributed by atoms with van der Waals surface area (Å²) >= 11 is 3.42. The molecule has 0 fully saturated rings. The molecule has 4 nitrogen and oxygen atoms in total. The fourth-order valence-corrected chi connectivity index (χ4v) is 1.88. The Morgan fingerprint density at radius 1 is 1.11 bits per heavy atom. The summed E-state index contributed by atoms with van der Waals surface area (Å²) in [7, 11) is 0. The van der Waals surface area contributed by atoms with Gasteiger partial charge in [-0.15, -0.1) is 0 Å². The second kappa shape index (κ2) is 5.75. The van der Waals surface area contributed by atoms with Gasteiger partial charge in [0.1, 0.15) is 0 Å². The number of amides is 2. The summed E-state index contributed by atoms with van der Waals surface area (Å²) in [4.78, 5) is 11.8. The number of nitrogens with one attached hydrogen (secondary N) is 2. The van der Waals surface area contributed by atoms with E-state index in [9.17, 15) is 4.79 Å². The third kappa shape index (κ3) is 3.72. The van der Waals surface area contributed by atoms with Crippen LogP contribution in [0.1, 0.15) is 5.56 Å². The number of halogens is 1. The second-order valence-electron chi connectivity index (χ2n) is 4.17. The number of carbonyl (C=O) groups excluding carboxylic acids is 1. The molecule has 0 atom stereocenters. The summed E-state index contributed by atoms with van der Waals surface area (Å²) < 4.78 is 1.01. The molecule has 0 aliphatic rings. The van der Waals surface area contributed by atoms with Gasteiger partial charge in [-0.25, -0.2) is 4.79 Å². The third-order valence-electron chi connectivity index (χ3n) is 2.56. The van der Waals surface area contributed by atoms with Gasteiger partial charge in [-0.1, -0.05) is 22.0 Å². The van der Waals surface area contributed by atoms with Crippen LogP contribution in [0.2, 0.25) is 0 Å². The molecule has 0 aliphatic carbocycles. The summed E-state index contributed by atoms with van der Waals surface area (Å²) in [5, 5.41) is 5.49. The van der Waals surface area contributed by atoms with Gasteiger partial charge >= 0.3 is 6.03 Å². The lowest BCUT2D eigenvalue weighted by molar-refractivity contribution is 0.262. The Morgan fingerprint density at radius 2 is 1.79 bits per heavy atom. The lowest BCUT2D eigenvalue weighted by Gasteiger charge is -2.09. The van der Waals surface area contributed by atoms with Crippen LogP contribution in [0, 0.1) is 6.92 Å². The highest BCUT2D eigenvalue weighted by atomic mass is 79.9. The monoisotopic (exact) mass is 319 g/mol. The van der Waals surface area contributed by atoms with Crippen LogP contribution in [0.3, 0.4) is 0 Å². The standard InChI is InChI=1S/C14H14BrN3O/c1-9-7-12(5-6-13(9)15)18-14(19)17-11-4-2-3-10(16)8-11/h2-8H,16H2,1H3,(H2,17,18,19). The molecule has 2 aromatic carbocycles. The molecule has 19 heavy (non-hydrogen) atoms. The molecule has 0 aromatic heterocycles. The number of benzene rings is 2. The van der Waals surface area contributed by atoms with Crippen LogP contribution < -0.4 is 16.4 Å². The number of anilines is 3. The van der Waals surface area contributed by atoms with Gasteiger partial charge in [0.25, 0.3) is 0 Å². The van der Waals surface area contributed by atoms with Gasteiger partial charge in [-0.3, -0.25) is 0 Å². The summed E-state index contributed by atoms with van der Waals surface area (Å²) in [6.07, 6.45) is 0. The van der Waals surface area contributed by atoms with E-state index in [0.29, 0.717) is 11.4 Å². The summed E-state index contributed by atoms with van der Waals surface area (Å²) in [6.45, 7) is 1.96. The van der Waals surface area contributed by atoms with Gasteiger partial charge in [0.2, 0.25) is 0 Å². The van der Waals surface area contributed by atoms with Crippen molar-refractivity contribution >= 4 is 39.0 Å². The molecule has 2 rings (SSSR count). The van der Waals surface area contributed by atoms with Crippen molar-refractivity contribution in [3.8, 4) is 0 Å². The molecule has 0 spiro atoms. The maximum atomic E-state index is 11.8. The Labute approximate surface area is 120 Å². The van der Waals surface area contributed by atoms with Crippen LogP contribution in [0.25, 0.3) is 0 Å². The maximum Gasteiger partial charge on any atom is 0.323 e. The Balaban J connectivity index is 2.03. The minimum atomic E-state index is -0.299. The van der Waals surface area contributed by atoms with Crippen molar-refractivity contribution in [3.05, 3.63) is 52.5 Å². The molecule has 0 aliphatic heterocycles. The van der Waals surface area contributed by atoms with E-state index in [-0.39, 0.29) is 6.03 Å². The van der Waals surface area contributed by atoms with E-state index >= 15 is 0 Å². The molecule has 0 saturated carbocycles. The lowest BCUT2D eigenvalue weighted by atomic mass is 10.2. The third-order valence-corrected chi connectivity index (χ3v) is 3.45. The molecular weight excluding hydrogens is 306 g/mol. The van der Waals surface area contributed by atoms with Crippen LogP contribution in [0.4, 0.5) is 21.9 Å². The maximum absolute atomic E-state index is 11.8. The van der Waals surface area contributed by atoms with Gasteiger partial charge in [0.15, 0.2) is 0 Å². The van der Waals surface area contributed by atoms with Crippen LogP contribution in [0.15, 0.2) is 46.9 Å². The van der Waals surface area contributed by atoms with E-state index in [1.807, 2.05) is 25.1 Å². The summed E-state index contributed by atoms with van der Waals surface area (Å²) in [5.41, 5.74) is 8.71. The Kier molecular flexibility index (Phi) is 4.06. The number of hydrogen-bond donors (Lipinski definition) is 3. The van der Waals surface area contributed by atoms with E-state index in [2.05, 4.69) is 26.6 Å². The zero-order valence-corrected chi connectivity index (χ0v) is 12.0. The molecule has 5 heteroatoms. The quantitative estimate of drug-likeness (QED) is 0.733. The molecule has 2 aromatic rings. The van der Waals surface area contributed by atoms with Crippen LogP contribution in [-0.4, -0.2) is 6.03 Å². The van der Waals surface area contributed by atoms with E-state index in [1.165, 1.54) is 0 Å². The van der Waals surface area contributed by atoms with Crippen molar-refractivity contribution in [1.82, 2.24) is 0 Å². The van der Waals surface area contributed by atoms with E-state index in [0.717, 1.165) is 15.7 Å². The van der Waals surface area contributed by atoms with Crippen molar-refractivity contribution in [2.45, 2.75) is 6.92 Å². The number of carbonyl (C=O) groups is 1. The number of hydrogen-bond acceptors (Lipinski definition) is 2. The Bertz CT molecular complexity index is 613. The zero-order valence-electron chi connectivity index (χ0n) is 10.4. The molecular formula is C14H14BrN3O. The Hall–Kier alpha value is -2.01. The topological polar surface area (TPSA) is 67.2 Å². The first kappa shape index (κ1) is 13.4. The van der Waals surface area contributed by atoms with E-state index in [1.54, 1.807) is 24.3 Å². The zero-order chi connectivity index (χ0) is 13.8. The molecule has 0 heterocycles. The molecule has 98 valence electrons. The number of nitrogen functional groups attached to an aromatic ring is 1. The molecule has 4 N–H and O–H groups in total. The van der Waals surface area contributed by atoms with Crippen molar-refractivity contribution in [3.63, 3.8) is 0 Å². The lowest BCUT2D eigenvalue weighted by Crippen LogP contribution is -2.19. The van der Waals surface area contributed by atoms with Crippen LogP contribution >= 0.6 is 15.9 Å². The second-order valence-corrected chi connectivity index (χ2v) is 5.02. The fourth-order valence-electron chi connectivity index (χ4n) is 1.63. The average molecular weight is 320 g/mol. The minimum absolute atomic E-state index is 0.299. The molecule has 0 unspecified atom stereocenters. The van der Waals surface area contributed by atoms with E-state index in [4.69, 9.17) is 5.73 Å². The van der Waals surface area contributed by atoms with Gasteiger partial charge in [0.05, 0.1) is 0 Å². The predicted octanol–water partition coefficient (Wildman–Crippen LogP) is 3.98. The minimum Gasteiger partial charge on any atom is -0.399 e. The largest absolute Gasteiger partial charge is 0.399 e. The Morgan fingerprint density at radius 3 is 2.42 bits per heavy atom. The first-order chi connectivity index (χ1) is 9.04. The van der Waals surface area contributed by atoms with Gasteiger partial charge in [0, 0.05) is 21.5 Å². The summed E-state index contributed by atoms with van der Waals surface area (Å²) in [6, 6.07) is 12.3. The smallest absolute Gasteiger partial charge is 0.323 e. The highest BCUT2D eigenvalue weighted by Gasteiger charge is 2.04. The fraction of sp³-hybridized carbons (Fsp3) is 0.0714. The first-order valence-corrected chi connectivity index (χ1v) is 6.53. The summed E-state index contributed by atoms with van der Waals surface area (Å²) in [5.74, 6) is 0. The van der Waals surface area contributed by atoms with Gasteiger partial charge < -0.3 is 16.4 Å². The number of urea groups is 1. The molecule has 2 amide bonds. The van der Waals surface area contributed by atoms with Gasteiger partial charge in [-0.05, 0) is 48.9 Å². The molecule has 0 saturated heterocycles. The molecule has 0 radical (unpaired) electrons.